The van der Waals surface area contributed by atoms with Crippen LogP contribution in [0.5, 0.6) is 0 Å². The van der Waals surface area contributed by atoms with Crippen molar-refractivity contribution < 1.29 is 14.3 Å². The first-order chi connectivity index (χ1) is 11.6. The van der Waals surface area contributed by atoms with Gasteiger partial charge < -0.3 is 10.1 Å². The normalized spacial score (nSPS) is 12.9. The Morgan fingerprint density at radius 2 is 1.50 bits per heavy atom. The van der Waals surface area contributed by atoms with Gasteiger partial charge in [0.1, 0.15) is 0 Å². The van der Waals surface area contributed by atoms with Crippen molar-refractivity contribution in [2.75, 3.05) is 7.11 Å². The number of carbonyl (C=O) groups is 2. The Labute approximate surface area is 142 Å². The number of rotatable bonds is 7. The molecule has 0 spiro atoms. The fraction of sp³-hybridized carbons (Fsp3) is 0.300. The zero-order valence-corrected chi connectivity index (χ0v) is 14.1. The van der Waals surface area contributed by atoms with Gasteiger partial charge in [0.15, 0.2) is 0 Å². The smallest absolute Gasteiger partial charge is 0.311 e. The summed E-state index contributed by atoms with van der Waals surface area (Å²) in [6.45, 7) is 1.84. The Hall–Kier alpha value is -2.62. The zero-order chi connectivity index (χ0) is 17.4. The summed E-state index contributed by atoms with van der Waals surface area (Å²) in [6.07, 6.45) is 0.824. The van der Waals surface area contributed by atoms with E-state index in [1.54, 1.807) is 0 Å². The van der Waals surface area contributed by atoms with Gasteiger partial charge >= 0.3 is 5.97 Å². The van der Waals surface area contributed by atoms with Crippen molar-refractivity contribution in [1.29, 1.82) is 0 Å². The number of ether oxygens (including phenoxy) is 1. The summed E-state index contributed by atoms with van der Waals surface area (Å²) < 4.78 is 4.92. The maximum atomic E-state index is 12.2. The number of esters is 1. The maximum absolute atomic E-state index is 12.2. The van der Waals surface area contributed by atoms with Crippen molar-refractivity contribution in [1.82, 2.24) is 5.32 Å². The van der Waals surface area contributed by atoms with Crippen LogP contribution in [-0.4, -0.2) is 25.0 Å². The molecule has 0 bridgehead atoms. The monoisotopic (exact) mass is 325 g/mol. The summed E-state index contributed by atoms with van der Waals surface area (Å²) in [5, 5.41) is 2.92. The van der Waals surface area contributed by atoms with Gasteiger partial charge in [0.25, 0.3) is 0 Å². The van der Waals surface area contributed by atoms with E-state index in [9.17, 15) is 9.59 Å². The Morgan fingerprint density at radius 1 is 0.958 bits per heavy atom. The van der Waals surface area contributed by atoms with E-state index >= 15 is 0 Å². The summed E-state index contributed by atoms with van der Waals surface area (Å²) >= 11 is 0. The molecule has 0 saturated heterocycles. The molecule has 24 heavy (non-hydrogen) atoms. The van der Waals surface area contributed by atoms with E-state index in [-0.39, 0.29) is 17.9 Å². The molecule has 0 aliphatic rings. The van der Waals surface area contributed by atoms with Crippen molar-refractivity contribution in [3.8, 4) is 0 Å². The SMILES string of the molecule is COC(=O)[C@@H](Cc1ccccc1)[C@H](C)NC(=O)Cc1ccccc1. The lowest BCUT2D eigenvalue weighted by atomic mass is 9.93. The average molecular weight is 325 g/mol. The Bertz CT molecular complexity index is 655. The van der Waals surface area contributed by atoms with Crippen LogP contribution in [0.3, 0.4) is 0 Å². The van der Waals surface area contributed by atoms with Gasteiger partial charge in [-0.25, -0.2) is 0 Å². The van der Waals surface area contributed by atoms with Crippen LogP contribution >= 0.6 is 0 Å². The summed E-state index contributed by atoms with van der Waals surface area (Å²) in [5.41, 5.74) is 1.98. The molecule has 0 aliphatic carbocycles. The Balaban J connectivity index is 2.00. The van der Waals surface area contributed by atoms with Gasteiger partial charge in [0.05, 0.1) is 19.4 Å². The van der Waals surface area contributed by atoms with E-state index in [2.05, 4.69) is 5.32 Å². The lowest BCUT2D eigenvalue weighted by Gasteiger charge is -2.23. The largest absolute Gasteiger partial charge is 0.469 e. The molecule has 0 unspecified atom stereocenters. The molecule has 2 aromatic rings. The first kappa shape index (κ1) is 17.7. The molecular formula is C20H23NO3. The van der Waals surface area contributed by atoms with Gasteiger partial charge in [0, 0.05) is 6.04 Å². The van der Waals surface area contributed by atoms with Crippen LogP contribution in [0.15, 0.2) is 60.7 Å². The number of hydrogen-bond acceptors (Lipinski definition) is 3. The molecule has 0 heterocycles. The summed E-state index contributed by atoms with van der Waals surface area (Å²) in [4.78, 5) is 24.4. The molecule has 126 valence electrons. The van der Waals surface area contributed by atoms with E-state index in [0.717, 1.165) is 11.1 Å². The zero-order valence-electron chi connectivity index (χ0n) is 14.1. The van der Waals surface area contributed by atoms with Gasteiger partial charge in [-0.05, 0) is 24.5 Å². The third-order valence-corrected chi connectivity index (χ3v) is 4.00. The van der Waals surface area contributed by atoms with Crippen molar-refractivity contribution in [2.24, 2.45) is 5.92 Å². The van der Waals surface area contributed by atoms with Crippen LogP contribution in [0.1, 0.15) is 18.1 Å². The minimum Gasteiger partial charge on any atom is -0.469 e. The number of hydrogen-bond donors (Lipinski definition) is 1. The summed E-state index contributed by atoms with van der Waals surface area (Å²) in [7, 11) is 1.37. The second kappa shape index (κ2) is 8.87. The van der Waals surface area contributed by atoms with Crippen molar-refractivity contribution in [3.63, 3.8) is 0 Å². The first-order valence-electron chi connectivity index (χ1n) is 8.05. The third kappa shape index (κ3) is 5.23. The highest BCUT2D eigenvalue weighted by Crippen LogP contribution is 2.15. The van der Waals surface area contributed by atoms with Gasteiger partial charge in [-0.2, -0.15) is 0 Å². The number of methoxy groups -OCH3 is 1. The Morgan fingerprint density at radius 3 is 2.04 bits per heavy atom. The van der Waals surface area contributed by atoms with E-state index in [0.29, 0.717) is 12.8 Å². The van der Waals surface area contributed by atoms with Gasteiger partial charge in [-0.15, -0.1) is 0 Å². The number of nitrogens with one attached hydrogen (secondary N) is 1. The molecule has 2 rings (SSSR count). The highest BCUT2D eigenvalue weighted by molar-refractivity contribution is 5.80. The van der Waals surface area contributed by atoms with Gasteiger partial charge in [0.2, 0.25) is 5.91 Å². The second-order valence-electron chi connectivity index (χ2n) is 5.84. The fourth-order valence-corrected chi connectivity index (χ4v) is 2.67. The molecule has 2 aromatic carbocycles. The molecule has 0 saturated carbocycles. The Kier molecular flexibility index (Phi) is 6.55. The van der Waals surface area contributed by atoms with Crippen LogP contribution in [0.2, 0.25) is 0 Å². The van der Waals surface area contributed by atoms with Crippen LogP contribution in [0.4, 0.5) is 0 Å². The predicted molar refractivity (Wildman–Crippen MR) is 93.4 cm³/mol. The van der Waals surface area contributed by atoms with E-state index in [1.807, 2.05) is 67.6 Å². The minimum atomic E-state index is -0.419. The van der Waals surface area contributed by atoms with Crippen molar-refractivity contribution in [2.45, 2.75) is 25.8 Å². The maximum Gasteiger partial charge on any atom is 0.311 e. The van der Waals surface area contributed by atoms with Gasteiger partial charge in [-0.1, -0.05) is 60.7 Å². The van der Waals surface area contributed by atoms with Crippen molar-refractivity contribution in [3.05, 3.63) is 71.8 Å². The quantitative estimate of drug-likeness (QED) is 0.797. The second-order valence-corrected chi connectivity index (χ2v) is 5.84. The highest BCUT2D eigenvalue weighted by Gasteiger charge is 2.27. The minimum absolute atomic E-state index is 0.101. The number of amides is 1. The first-order valence-corrected chi connectivity index (χ1v) is 8.05. The van der Waals surface area contributed by atoms with Crippen LogP contribution in [-0.2, 0) is 27.2 Å². The van der Waals surface area contributed by atoms with Crippen LogP contribution in [0, 0.1) is 5.92 Å². The molecule has 2 atom stereocenters. The predicted octanol–water partition coefficient (Wildman–Crippen LogP) is 2.77. The van der Waals surface area contributed by atoms with E-state index in [4.69, 9.17) is 4.74 Å². The lowest BCUT2D eigenvalue weighted by Crippen LogP contribution is -2.43. The number of benzene rings is 2. The third-order valence-electron chi connectivity index (χ3n) is 4.00. The molecule has 1 N–H and O–H groups in total. The van der Waals surface area contributed by atoms with E-state index in [1.165, 1.54) is 7.11 Å². The highest BCUT2D eigenvalue weighted by atomic mass is 16.5. The molecule has 1 amide bonds. The fourth-order valence-electron chi connectivity index (χ4n) is 2.67. The van der Waals surface area contributed by atoms with E-state index < -0.39 is 5.92 Å². The molecule has 0 radical (unpaired) electrons. The number of carbonyl (C=O) groups excluding carboxylic acids is 2. The molecule has 4 heteroatoms. The molecule has 0 aromatic heterocycles. The summed E-state index contributed by atoms with van der Waals surface area (Å²) in [5.74, 6) is -0.834. The lowest BCUT2D eigenvalue weighted by molar-refractivity contribution is -0.146. The summed E-state index contributed by atoms with van der Waals surface area (Å²) in [6, 6.07) is 19.0. The van der Waals surface area contributed by atoms with Gasteiger partial charge in [-0.3, -0.25) is 9.59 Å². The standard InChI is InChI=1S/C20H23NO3/c1-15(21-19(22)14-17-11-7-4-8-12-17)18(20(23)24-2)13-16-9-5-3-6-10-16/h3-12,15,18H,13-14H2,1-2H3,(H,21,22)/t15-,18-/m0/s1. The average Bonchev–Trinajstić information content (AvgIpc) is 2.60. The van der Waals surface area contributed by atoms with Crippen LogP contribution < -0.4 is 5.32 Å². The topological polar surface area (TPSA) is 55.4 Å². The van der Waals surface area contributed by atoms with Crippen LogP contribution in [0.25, 0.3) is 0 Å². The molecule has 4 nitrogen and oxygen atoms in total. The molecule has 0 aliphatic heterocycles. The van der Waals surface area contributed by atoms with Crippen molar-refractivity contribution >= 4 is 11.9 Å². The molecule has 0 fully saturated rings. The molecular weight excluding hydrogens is 302 g/mol.